The summed E-state index contributed by atoms with van der Waals surface area (Å²) in [6.45, 7) is 4.48. The second-order valence-corrected chi connectivity index (χ2v) is 13.0. The van der Waals surface area contributed by atoms with Gasteiger partial charge in [-0.3, -0.25) is 9.59 Å². The van der Waals surface area contributed by atoms with Crippen LogP contribution in [0.4, 0.5) is 5.00 Å². The molecule has 0 saturated carbocycles. The number of esters is 1. The number of aromatic nitrogens is 3. The summed E-state index contributed by atoms with van der Waals surface area (Å²) in [5.41, 5.74) is 2.98. The lowest BCUT2D eigenvalue weighted by atomic mass is 10.1. The zero-order valence-corrected chi connectivity index (χ0v) is 27.9. The Balaban J connectivity index is 1.32. The molecule has 242 valence electrons. The zero-order chi connectivity index (χ0) is 32.6. The molecule has 0 aliphatic heterocycles. The maximum Gasteiger partial charge on any atom is 0.341 e. The fourth-order valence-corrected chi connectivity index (χ4v) is 7.36. The van der Waals surface area contributed by atoms with E-state index < -0.39 is 11.2 Å². The normalized spacial score (nSPS) is 12.7. The van der Waals surface area contributed by atoms with Gasteiger partial charge in [0.25, 0.3) is 5.91 Å². The molecule has 2 aromatic carbocycles. The number of nitrogens with one attached hydrogen (secondary N) is 2. The molecule has 4 aromatic rings. The first-order valence-electron chi connectivity index (χ1n) is 15.1. The molecule has 46 heavy (non-hydrogen) atoms. The van der Waals surface area contributed by atoms with E-state index in [0.29, 0.717) is 51.6 Å². The predicted molar refractivity (Wildman–Crippen MR) is 177 cm³/mol. The minimum absolute atomic E-state index is 0.116. The summed E-state index contributed by atoms with van der Waals surface area (Å²) in [5, 5.41) is 15.2. The van der Waals surface area contributed by atoms with Crippen molar-refractivity contribution in [3.8, 4) is 11.5 Å². The maximum absolute atomic E-state index is 13.4. The molecular weight excluding hydrogens is 627 g/mol. The zero-order valence-electron chi connectivity index (χ0n) is 26.3. The van der Waals surface area contributed by atoms with E-state index in [2.05, 4.69) is 20.8 Å². The highest BCUT2D eigenvalue weighted by molar-refractivity contribution is 8.00. The highest BCUT2D eigenvalue weighted by atomic mass is 32.2. The third-order valence-electron chi connectivity index (χ3n) is 7.57. The highest BCUT2D eigenvalue weighted by Crippen LogP contribution is 2.40. The number of methoxy groups -OCH3 is 2. The number of aryl methyl sites for hydroxylation is 2. The molecule has 2 aromatic heterocycles. The van der Waals surface area contributed by atoms with Crippen LogP contribution in [0.2, 0.25) is 0 Å². The van der Waals surface area contributed by atoms with E-state index in [1.807, 2.05) is 34.9 Å². The molecule has 1 aliphatic rings. The smallest absolute Gasteiger partial charge is 0.341 e. The molecule has 1 atom stereocenters. The molecule has 13 heteroatoms. The number of thiophene rings is 1. The molecule has 5 rings (SSSR count). The van der Waals surface area contributed by atoms with Crippen molar-refractivity contribution in [2.24, 2.45) is 0 Å². The number of fused-ring (bicyclic) bond motifs is 1. The molecule has 0 radical (unpaired) electrons. The Kier molecular flexibility index (Phi) is 11.0. The molecule has 1 unspecified atom stereocenters. The van der Waals surface area contributed by atoms with Crippen molar-refractivity contribution in [2.75, 3.05) is 26.1 Å². The molecule has 1 aliphatic carbocycles. The third-order valence-corrected chi connectivity index (χ3v) is 9.86. The molecule has 2 heterocycles. The van der Waals surface area contributed by atoms with Crippen molar-refractivity contribution in [1.29, 1.82) is 0 Å². The van der Waals surface area contributed by atoms with Crippen LogP contribution in [0.1, 0.15) is 62.8 Å². The number of carbonyl (C=O) groups excluding carboxylic acids is 3. The summed E-state index contributed by atoms with van der Waals surface area (Å²) in [5.74, 6) is 0.573. The SMILES string of the molecule is CCOC(=O)c1c(NC(=O)C(C)Sc2nnc(CNC(=O)c3cc(OC)cc(OC)c3)n2CCc2ccccc2)sc2c1CCC2. The largest absolute Gasteiger partial charge is 0.497 e. The molecule has 0 fully saturated rings. The van der Waals surface area contributed by atoms with Gasteiger partial charge in [0.1, 0.15) is 16.5 Å². The summed E-state index contributed by atoms with van der Waals surface area (Å²) in [4.78, 5) is 40.4. The van der Waals surface area contributed by atoms with Crippen molar-refractivity contribution in [3.63, 3.8) is 0 Å². The van der Waals surface area contributed by atoms with Gasteiger partial charge in [0.2, 0.25) is 5.91 Å². The van der Waals surface area contributed by atoms with E-state index in [-0.39, 0.29) is 25.0 Å². The summed E-state index contributed by atoms with van der Waals surface area (Å²) in [6.07, 6.45) is 3.38. The molecule has 2 amide bonds. The minimum Gasteiger partial charge on any atom is -0.497 e. The van der Waals surface area contributed by atoms with E-state index in [4.69, 9.17) is 14.2 Å². The number of rotatable bonds is 14. The Labute approximate surface area is 276 Å². The van der Waals surface area contributed by atoms with Gasteiger partial charge in [-0.05, 0) is 62.8 Å². The van der Waals surface area contributed by atoms with Crippen LogP contribution >= 0.6 is 23.1 Å². The van der Waals surface area contributed by atoms with Gasteiger partial charge in [-0.2, -0.15) is 0 Å². The minimum atomic E-state index is -0.557. The Morgan fingerprint density at radius 1 is 1.04 bits per heavy atom. The quantitative estimate of drug-likeness (QED) is 0.136. The maximum atomic E-state index is 13.4. The van der Waals surface area contributed by atoms with E-state index in [1.54, 1.807) is 32.0 Å². The lowest BCUT2D eigenvalue weighted by Gasteiger charge is -2.15. The van der Waals surface area contributed by atoms with Crippen LogP contribution in [-0.2, 0) is 41.9 Å². The predicted octanol–water partition coefficient (Wildman–Crippen LogP) is 5.31. The molecule has 11 nitrogen and oxygen atoms in total. The van der Waals surface area contributed by atoms with Crippen LogP contribution in [0.5, 0.6) is 11.5 Å². The van der Waals surface area contributed by atoms with Crippen LogP contribution in [0, 0.1) is 0 Å². The van der Waals surface area contributed by atoms with Gasteiger partial charge in [0, 0.05) is 23.1 Å². The second-order valence-electron chi connectivity index (χ2n) is 10.6. The number of carbonyl (C=O) groups is 3. The first kappa shape index (κ1) is 33.0. The number of anilines is 1. The summed E-state index contributed by atoms with van der Waals surface area (Å²) < 4.78 is 17.8. The van der Waals surface area contributed by atoms with Crippen LogP contribution in [0.15, 0.2) is 53.7 Å². The third kappa shape index (κ3) is 7.71. The van der Waals surface area contributed by atoms with Crippen LogP contribution < -0.4 is 20.1 Å². The van der Waals surface area contributed by atoms with Gasteiger partial charge in [0.15, 0.2) is 11.0 Å². The number of hydrogen-bond donors (Lipinski definition) is 2. The highest BCUT2D eigenvalue weighted by Gasteiger charge is 2.30. The molecule has 0 bridgehead atoms. The van der Waals surface area contributed by atoms with Crippen molar-refractivity contribution in [1.82, 2.24) is 20.1 Å². The first-order chi connectivity index (χ1) is 22.3. The van der Waals surface area contributed by atoms with Crippen molar-refractivity contribution >= 4 is 45.9 Å². The van der Waals surface area contributed by atoms with Crippen LogP contribution in [0.3, 0.4) is 0 Å². The van der Waals surface area contributed by atoms with Crippen LogP contribution in [0.25, 0.3) is 0 Å². The first-order valence-corrected chi connectivity index (χ1v) is 16.8. The summed E-state index contributed by atoms with van der Waals surface area (Å²) in [7, 11) is 3.05. The standard InChI is InChI=1S/C33H37N5O6S2/c1-5-44-32(41)28-25-12-9-13-26(25)46-31(28)35-29(39)20(2)45-33-37-36-27(38(33)15-14-21-10-7-6-8-11-21)19-34-30(40)22-16-23(42-3)18-24(17-22)43-4/h6-8,10-11,16-18,20H,5,9,12-15,19H2,1-4H3,(H,34,40)(H,35,39). The molecule has 0 spiro atoms. The second kappa shape index (κ2) is 15.3. The summed E-state index contributed by atoms with van der Waals surface area (Å²) in [6, 6.07) is 15.0. The lowest BCUT2D eigenvalue weighted by Crippen LogP contribution is -2.26. The number of amides is 2. The number of hydrogen-bond acceptors (Lipinski definition) is 10. The average Bonchev–Trinajstić information content (AvgIpc) is 3.77. The van der Waals surface area contributed by atoms with E-state index in [9.17, 15) is 14.4 Å². The van der Waals surface area contributed by atoms with E-state index in [0.717, 1.165) is 35.3 Å². The molecular formula is C33H37N5O6S2. The van der Waals surface area contributed by atoms with Crippen molar-refractivity contribution < 1.29 is 28.6 Å². The van der Waals surface area contributed by atoms with Gasteiger partial charge in [-0.1, -0.05) is 42.1 Å². The Morgan fingerprint density at radius 2 is 1.78 bits per heavy atom. The van der Waals surface area contributed by atoms with Crippen molar-refractivity contribution in [2.45, 2.75) is 63.0 Å². The Bertz CT molecular complexity index is 1680. The van der Waals surface area contributed by atoms with E-state index >= 15 is 0 Å². The number of thioether (sulfide) groups is 1. The lowest BCUT2D eigenvalue weighted by molar-refractivity contribution is -0.115. The number of nitrogens with zero attached hydrogens (tertiary/aromatic N) is 3. The monoisotopic (exact) mass is 663 g/mol. The van der Waals surface area contributed by atoms with Crippen molar-refractivity contribution in [3.05, 3.63) is 81.5 Å². The fourth-order valence-electron chi connectivity index (χ4n) is 5.18. The van der Waals surface area contributed by atoms with Gasteiger partial charge >= 0.3 is 5.97 Å². The van der Waals surface area contributed by atoms with Crippen LogP contribution in [-0.4, -0.2) is 58.6 Å². The number of benzene rings is 2. The molecule has 0 saturated heterocycles. The molecule has 2 N–H and O–H groups in total. The average molecular weight is 664 g/mol. The van der Waals surface area contributed by atoms with Gasteiger partial charge in [0.05, 0.1) is 38.2 Å². The number of ether oxygens (including phenoxy) is 3. The Hall–Kier alpha value is -4.36. The van der Waals surface area contributed by atoms with E-state index in [1.165, 1.54) is 37.3 Å². The Morgan fingerprint density at radius 3 is 2.48 bits per heavy atom. The van der Waals surface area contributed by atoms with Gasteiger partial charge in [-0.25, -0.2) is 4.79 Å². The fraction of sp³-hybridized carbons (Fsp3) is 0.364. The summed E-state index contributed by atoms with van der Waals surface area (Å²) >= 11 is 2.72. The topological polar surface area (TPSA) is 134 Å². The van der Waals surface area contributed by atoms with Gasteiger partial charge < -0.3 is 29.4 Å². The van der Waals surface area contributed by atoms with Gasteiger partial charge in [-0.15, -0.1) is 21.5 Å².